The van der Waals surface area contributed by atoms with Crippen molar-refractivity contribution < 1.29 is 14.3 Å². The predicted molar refractivity (Wildman–Crippen MR) is 153 cm³/mol. The molecular weight excluding hydrogens is 506 g/mol. The van der Waals surface area contributed by atoms with Crippen LogP contribution >= 0.6 is 0 Å². The summed E-state index contributed by atoms with van der Waals surface area (Å²) in [6.07, 6.45) is 5.05. The van der Waals surface area contributed by atoms with Crippen molar-refractivity contribution in [1.82, 2.24) is 29.6 Å². The van der Waals surface area contributed by atoms with E-state index in [2.05, 4.69) is 20.3 Å². The number of nitrogens with one attached hydrogen (secondary N) is 1. The second kappa shape index (κ2) is 11.8. The summed E-state index contributed by atoms with van der Waals surface area (Å²) in [5.74, 6) is -0.801. The maximum atomic E-state index is 12.9. The number of esters is 1. The average molecular weight is 536 g/mol. The molecule has 1 N–H and O–H groups in total. The number of amides is 1. The molecule has 1 amide bonds. The third-order valence-corrected chi connectivity index (χ3v) is 6.17. The van der Waals surface area contributed by atoms with Crippen LogP contribution in [0.5, 0.6) is 0 Å². The van der Waals surface area contributed by atoms with Gasteiger partial charge in [0.1, 0.15) is 24.5 Å². The number of aryl methyl sites for hydroxylation is 1. The lowest BCUT2D eigenvalue weighted by Gasteiger charge is -2.10. The van der Waals surface area contributed by atoms with Crippen molar-refractivity contribution in [3.8, 4) is 22.5 Å². The van der Waals surface area contributed by atoms with E-state index in [4.69, 9.17) is 9.84 Å². The normalized spacial score (nSPS) is 11.1. The number of para-hydroxylation sites is 1. The molecule has 40 heavy (non-hydrogen) atoms. The molecule has 0 unspecified atom stereocenters. The number of carbonyl (C=O) groups excluding carboxylic acids is 2. The number of benzene rings is 1. The van der Waals surface area contributed by atoms with Crippen LogP contribution in [0, 0.1) is 6.92 Å². The minimum absolute atomic E-state index is 0.0316. The highest BCUT2D eigenvalue weighted by atomic mass is 16.5. The van der Waals surface area contributed by atoms with Gasteiger partial charge in [-0.1, -0.05) is 24.3 Å². The quantitative estimate of drug-likeness (QED) is 0.279. The highest BCUT2D eigenvalue weighted by Gasteiger charge is 2.18. The van der Waals surface area contributed by atoms with Gasteiger partial charge in [-0.2, -0.15) is 5.10 Å². The van der Waals surface area contributed by atoms with Crippen molar-refractivity contribution in [2.75, 3.05) is 32.6 Å². The summed E-state index contributed by atoms with van der Waals surface area (Å²) in [6.45, 7) is 2.79. The Morgan fingerprint density at radius 1 is 0.975 bits per heavy atom. The molecule has 0 aliphatic rings. The molecule has 1 aromatic carbocycles. The van der Waals surface area contributed by atoms with Crippen molar-refractivity contribution in [2.45, 2.75) is 13.5 Å². The molecule has 4 heterocycles. The fourth-order valence-electron chi connectivity index (χ4n) is 4.23. The van der Waals surface area contributed by atoms with Crippen LogP contribution in [-0.2, 0) is 16.1 Å². The van der Waals surface area contributed by atoms with Gasteiger partial charge in [0.05, 0.1) is 23.1 Å². The van der Waals surface area contributed by atoms with Gasteiger partial charge < -0.3 is 15.0 Å². The summed E-state index contributed by atoms with van der Waals surface area (Å²) in [7, 11) is 3.80. The summed E-state index contributed by atoms with van der Waals surface area (Å²) < 4.78 is 6.81. The van der Waals surface area contributed by atoms with Crippen LogP contribution < -0.4 is 5.32 Å². The lowest BCUT2D eigenvalue weighted by atomic mass is 10.0. The minimum Gasteiger partial charge on any atom is -0.460 e. The molecule has 0 fully saturated rings. The van der Waals surface area contributed by atoms with E-state index in [0.717, 1.165) is 27.7 Å². The molecule has 4 aromatic heterocycles. The van der Waals surface area contributed by atoms with Gasteiger partial charge in [-0.3, -0.25) is 19.4 Å². The van der Waals surface area contributed by atoms with Crippen LogP contribution in [0.2, 0.25) is 0 Å². The first-order valence-corrected chi connectivity index (χ1v) is 12.8. The van der Waals surface area contributed by atoms with Crippen molar-refractivity contribution in [2.24, 2.45) is 0 Å². The molecular formula is C30H29N7O3. The van der Waals surface area contributed by atoms with Crippen LogP contribution in [0.4, 0.5) is 5.69 Å². The van der Waals surface area contributed by atoms with Crippen LogP contribution in [0.25, 0.3) is 33.4 Å². The van der Waals surface area contributed by atoms with Crippen LogP contribution in [-0.4, -0.2) is 68.8 Å². The maximum absolute atomic E-state index is 12.9. The summed E-state index contributed by atoms with van der Waals surface area (Å²) >= 11 is 0. The van der Waals surface area contributed by atoms with Crippen LogP contribution in [0.3, 0.4) is 0 Å². The summed E-state index contributed by atoms with van der Waals surface area (Å²) in [4.78, 5) is 40.3. The van der Waals surface area contributed by atoms with Gasteiger partial charge in [0.15, 0.2) is 0 Å². The molecule has 0 saturated carbocycles. The van der Waals surface area contributed by atoms with E-state index < -0.39 is 5.97 Å². The summed E-state index contributed by atoms with van der Waals surface area (Å²) in [5, 5.41) is 8.55. The lowest BCUT2D eigenvalue weighted by Crippen LogP contribution is -2.21. The van der Waals surface area contributed by atoms with Crippen molar-refractivity contribution >= 4 is 28.5 Å². The molecule has 0 spiro atoms. The van der Waals surface area contributed by atoms with Crippen LogP contribution in [0.15, 0.2) is 79.3 Å². The molecule has 0 radical (unpaired) electrons. The van der Waals surface area contributed by atoms with E-state index in [0.29, 0.717) is 23.6 Å². The molecule has 0 atom stereocenters. The Kier molecular flexibility index (Phi) is 7.88. The fourth-order valence-corrected chi connectivity index (χ4v) is 4.23. The first-order chi connectivity index (χ1) is 19.4. The van der Waals surface area contributed by atoms with Crippen molar-refractivity contribution in [3.63, 3.8) is 0 Å². The molecule has 0 saturated heterocycles. The SMILES string of the molecule is Cc1cccc(-c2nn(CC(=O)Nc3ccc(C(=O)OCCN(C)C)nc3)cc2-c2ccnc3ccccc23)n1. The predicted octanol–water partition coefficient (Wildman–Crippen LogP) is 4.22. The number of anilines is 1. The van der Waals surface area contributed by atoms with Gasteiger partial charge in [0, 0.05) is 35.6 Å². The smallest absolute Gasteiger partial charge is 0.356 e. The summed E-state index contributed by atoms with van der Waals surface area (Å²) in [6, 6.07) is 18.8. The highest BCUT2D eigenvalue weighted by molar-refractivity contribution is 5.98. The zero-order valence-electron chi connectivity index (χ0n) is 22.5. The number of pyridine rings is 3. The van der Waals surface area contributed by atoms with Crippen molar-refractivity contribution in [1.29, 1.82) is 0 Å². The van der Waals surface area contributed by atoms with Crippen LogP contribution in [0.1, 0.15) is 16.2 Å². The largest absolute Gasteiger partial charge is 0.460 e. The van der Waals surface area contributed by atoms with E-state index >= 15 is 0 Å². The summed E-state index contributed by atoms with van der Waals surface area (Å²) in [5.41, 5.74) is 5.56. The van der Waals surface area contributed by atoms with Gasteiger partial charge in [0.2, 0.25) is 5.91 Å². The number of likely N-dealkylation sites (N-methyl/N-ethyl adjacent to an activating group) is 1. The molecule has 5 aromatic rings. The molecule has 10 nitrogen and oxygen atoms in total. The zero-order chi connectivity index (χ0) is 28.1. The molecule has 5 rings (SSSR count). The number of rotatable bonds is 9. The van der Waals surface area contributed by atoms with Crippen molar-refractivity contribution in [3.05, 3.63) is 90.6 Å². The standard InChI is InChI=1S/C30H29N7O3/c1-20-7-6-10-26(33-20)29-24(22-13-14-31-25-9-5-4-8-23(22)25)18-37(35-29)19-28(38)34-21-11-12-27(32-17-21)30(39)40-16-15-36(2)3/h4-14,17-18H,15-16,19H2,1-3H3,(H,34,38). The Morgan fingerprint density at radius 2 is 1.82 bits per heavy atom. The fraction of sp³-hybridized carbons (Fsp3) is 0.200. The number of hydrogen-bond donors (Lipinski definition) is 1. The molecule has 10 heteroatoms. The second-order valence-corrected chi connectivity index (χ2v) is 9.55. The average Bonchev–Trinajstić information content (AvgIpc) is 3.36. The van der Waals surface area contributed by atoms with E-state index in [9.17, 15) is 9.59 Å². The lowest BCUT2D eigenvalue weighted by molar-refractivity contribution is -0.116. The maximum Gasteiger partial charge on any atom is 0.356 e. The second-order valence-electron chi connectivity index (χ2n) is 9.55. The Hall–Kier alpha value is -4.96. The number of carbonyl (C=O) groups is 2. The van der Waals surface area contributed by atoms with E-state index in [1.54, 1.807) is 16.9 Å². The molecule has 0 bridgehead atoms. The third kappa shape index (κ3) is 6.19. The number of aromatic nitrogens is 5. The van der Waals surface area contributed by atoms with Gasteiger partial charge in [-0.25, -0.2) is 9.78 Å². The Labute approximate surface area is 231 Å². The number of hydrogen-bond acceptors (Lipinski definition) is 8. The van der Waals surface area contributed by atoms with Gasteiger partial charge in [-0.15, -0.1) is 0 Å². The Bertz CT molecular complexity index is 1660. The van der Waals surface area contributed by atoms with E-state index in [1.165, 1.54) is 12.3 Å². The highest BCUT2D eigenvalue weighted by Crippen LogP contribution is 2.34. The molecule has 0 aliphatic carbocycles. The van der Waals surface area contributed by atoms with Gasteiger partial charge >= 0.3 is 5.97 Å². The topological polar surface area (TPSA) is 115 Å². The zero-order valence-corrected chi connectivity index (χ0v) is 22.5. The Balaban J connectivity index is 1.36. The van der Waals surface area contributed by atoms with E-state index in [-0.39, 0.29) is 24.8 Å². The third-order valence-electron chi connectivity index (χ3n) is 6.17. The minimum atomic E-state index is -0.510. The van der Waals surface area contributed by atoms with Gasteiger partial charge in [-0.05, 0) is 63.0 Å². The van der Waals surface area contributed by atoms with E-state index in [1.807, 2.05) is 80.6 Å². The molecule has 0 aliphatic heterocycles. The Morgan fingerprint density at radius 3 is 2.60 bits per heavy atom. The first kappa shape index (κ1) is 26.6. The first-order valence-electron chi connectivity index (χ1n) is 12.8. The number of ether oxygens (including phenoxy) is 1. The number of nitrogens with zero attached hydrogens (tertiary/aromatic N) is 6. The number of fused-ring (bicyclic) bond motifs is 1. The molecule has 202 valence electrons. The van der Waals surface area contributed by atoms with Gasteiger partial charge in [0.25, 0.3) is 0 Å². The monoisotopic (exact) mass is 535 g/mol.